The van der Waals surface area contributed by atoms with Gasteiger partial charge in [0, 0.05) is 0 Å². The Labute approximate surface area is 114 Å². The van der Waals surface area contributed by atoms with Crippen LogP contribution >= 0.6 is 0 Å². The molecule has 0 saturated carbocycles. The second-order valence-electron chi connectivity index (χ2n) is 4.05. The number of hydrogen-bond donors (Lipinski definition) is 0. The van der Waals surface area contributed by atoms with Gasteiger partial charge in [0.25, 0.3) is 0 Å². The molecule has 0 atom stereocenters. The number of oxime groups is 1. The van der Waals surface area contributed by atoms with Gasteiger partial charge in [-0.15, -0.1) is 0 Å². The van der Waals surface area contributed by atoms with Crippen LogP contribution in [0.4, 0.5) is 0 Å². The molecule has 1 aromatic rings. The maximum atomic E-state index is 10.9. The van der Waals surface area contributed by atoms with Crippen LogP contribution in [0.2, 0.25) is 0 Å². The van der Waals surface area contributed by atoms with Gasteiger partial charge in [-0.05, 0) is 24.5 Å². The molecular weight excluding hydrogens is 262 g/mol. The maximum Gasteiger partial charge on any atom is 0.325 e. The summed E-state index contributed by atoms with van der Waals surface area (Å²) in [6.45, 7) is 5.34. The van der Waals surface area contributed by atoms with Crippen molar-refractivity contribution >= 4 is 15.8 Å². The summed E-state index contributed by atoms with van der Waals surface area (Å²) in [7, 11) is -3.58. The van der Waals surface area contributed by atoms with E-state index in [2.05, 4.69) is 16.0 Å². The van der Waals surface area contributed by atoms with Gasteiger partial charge in [0.15, 0.2) is 0 Å². The molecular formula is C14H17NO3S. The van der Waals surface area contributed by atoms with Crippen LogP contribution in [-0.4, -0.2) is 20.4 Å². The molecule has 0 spiro atoms. The van der Waals surface area contributed by atoms with Gasteiger partial charge in [0.05, 0.1) is 12.0 Å². The minimum absolute atomic E-state index is 0.508. The number of hydrogen-bond acceptors (Lipinski definition) is 4. The molecule has 0 aliphatic rings. The van der Waals surface area contributed by atoms with E-state index >= 15 is 0 Å². The fourth-order valence-corrected chi connectivity index (χ4v) is 1.69. The van der Waals surface area contributed by atoms with E-state index in [1.807, 2.05) is 30.3 Å². The molecule has 0 aromatic heterocycles. The lowest BCUT2D eigenvalue weighted by Gasteiger charge is -2.06. The lowest BCUT2D eigenvalue weighted by molar-refractivity contribution is 0.343. The van der Waals surface area contributed by atoms with Gasteiger partial charge in [0.2, 0.25) is 0 Å². The standard InChI is InChI=1S/C14H17NO3S/c1-4-8-14(11-13-9-6-5-7-10-13)12(2)15-18-19(3,16)17/h4-10H,1,11H2,2-3H3. The third-order valence-corrected chi connectivity index (χ3v) is 2.68. The maximum absolute atomic E-state index is 10.9. The molecule has 0 heterocycles. The molecule has 0 aliphatic carbocycles. The summed E-state index contributed by atoms with van der Waals surface area (Å²) in [5, 5.41) is 3.62. The van der Waals surface area contributed by atoms with Crippen LogP contribution < -0.4 is 0 Å². The molecule has 0 bridgehead atoms. The molecule has 1 aromatic carbocycles. The van der Waals surface area contributed by atoms with Crippen molar-refractivity contribution in [2.75, 3.05) is 6.26 Å². The Kier molecular flexibility index (Phi) is 5.51. The zero-order chi connectivity index (χ0) is 14.3. The summed E-state index contributed by atoms with van der Waals surface area (Å²) < 4.78 is 26.3. The van der Waals surface area contributed by atoms with E-state index < -0.39 is 10.1 Å². The fraction of sp³-hybridized carbons (Fsp3) is 0.214. The van der Waals surface area contributed by atoms with Crippen LogP contribution in [0.3, 0.4) is 0 Å². The Morgan fingerprint density at radius 3 is 2.53 bits per heavy atom. The first kappa shape index (κ1) is 15.2. The van der Waals surface area contributed by atoms with Gasteiger partial charge in [-0.1, -0.05) is 54.2 Å². The van der Waals surface area contributed by atoms with Crippen molar-refractivity contribution in [3.05, 3.63) is 60.2 Å². The summed E-state index contributed by atoms with van der Waals surface area (Å²) in [5.41, 5.74) is 2.46. The lowest BCUT2D eigenvalue weighted by atomic mass is 10.0. The molecule has 19 heavy (non-hydrogen) atoms. The van der Waals surface area contributed by atoms with E-state index in [9.17, 15) is 8.42 Å². The molecule has 5 heteroatoms. The topological polar surface area (TPSA) is 55.7 Å². The number of benzene rings is 1. The van der Waals surface area contributed by atoms with Crippen molar-refractivity contribution in [2.45, 2.75) is 13.3 Å². The van der Waals surface area contributed by atoms with E-state index in [4.69, 9.17) is 0 Å². The Bertz CT molecular complexity index is 586. The van der Waals surface area contributed by atoms with E-state index in [0.29, 0.717) is 12.1 Å². The Morgan fingerprint density at radius 2 is 2.00 bits per heavy atom. The largest absolute Gasteiger partial charge is 0.325 e. The van der Waals surface area contributed by atoms with Gasteiger partial charge in [-0.3, -0.25) is 4.28 Å². The average molecular weight is 279 g/mol. The third kappa shape index (κ3) is 6.01. The third-order valence-electron chi connectivity index (χ3n) is 2.33. The van der Waals surface area contributed by atoms with Crippen molar-refractivity contribution in [2.24, 2.45) is 5.16 Å². The molecule has 4 nitrogen and oxygen atoms in total. The van der Waals surface area contributed by atoms with Crippen LogP contribution in [0.5, 0.6) is 0 Å². The Balaban J connectivity index is 2.90. The predicted molar refractivity (Wildman–Crippen MR) is 77.5 cm³/mol. The van der Waals surface area contributed by atoms with E-state index in [0.717, 1.165) is 17.4 Å². The summed E-state index contributed by atoms with van der Waals surface area (Å²) in [4.78, 5) is 0. The molecule has 0 radical (unpaired) electrons. The van der Waals surface area contributed by atoms with Crippen molar-refractivity contribution in [3.8, 4) is 0 Å². The minimum atomic E-state index is -3.58. The van der Waals surface area contributed by atoms with Crippen molar-refractivity contribution in [1.82, 2.24) is 0 Å². The van der Waals surface area contributed by atoms with Crippen LogP contribution in [0.25, 0.3) is 0 Å². The molecule has 1 rings (SSSR count). The highest BCUT2D eigenvalue weighted by molar-refractivity contribution is 7.85. The smallest absolute Gasteiger partial charge is 0.268 e. The van der Waals surface area contributed by atoms with Crippen LogP contribution in [0.1, 0.15) is 12.5 Å². The Morgan fingerprint density at radius 1 is 1.37 bits per heavy atom. The molecule has 102 valence electrons. The number of nitrogens with zero attached hydrogens (tertiary/aromatic N) is 1. The summed E-state index contributed by atoms with van der Waals surface area (Å²) in [6, 6.07) is 9.80. The van der Waals surface area contributed by atoms with Gasteiger partial charge in [-0.25, -0.2) is 0 Å². The zero-order valence-electron chi connectivity index (χ0n) is 11.0. The molecule has 0 aliphatic heterocycles. The zero-order valence-corrected chi connectivity index (χ0v) is 11.9. The average Bonchev–Trinajstić information content (AvgIpc) is 2.36. The van der Waals surface area contributed by atoms with Crippen LogP contribution in [-0.2, 0) is 20.8 Å². The fourth-order valence-electron chi connectivity index (χ4n) is 1.45. The summed E-state index contributed by atoms with van der Waals surface area (Å²) >= 11 is 0. The first-order valence-corrected chi connectivity index (χ1v) is 7.53. The van der Waals surface area contributed by atoms with Crippen molar-refractivity contribution in [1.29, 1.82) is 0 Å². The van der Waals surface area contributed by atoms with Gasteiger partial charge in [-0.2, -0.15) is 8.42 Å². The number of rotatable bonds is 6. The normalized spacial score (nSPS) is 13.2. The second-order valence-corrected chi connectivity index (χ2v) is 5.60. The summed E-state index contributed by atoms with van der Waals surface area (Å²) in [5.74, 6) is 0. The molecule has 0 fully saturated rings. The van der Waals surface area contributed by atoms with Crippen molar-refractivity contribution in [3.63, 3.8) is 0 Å². The quantitative estimate of drug-likeness (QED) is 0.457. The van der Waals surface area contributed by atoms with Gasteiger partial charge < -0.3 is 0 Å². The first-order valence-electron chi connectivity index (χ1n) is 5.71. The van der Waals surface area contributed by atoms with Gasteiger partial charge >= 0.3 is 10.1 Å². The molecule has 0 amide bonds. The molecule has 0 saturated heterocycles. The van der Waals surface area contributed by atoms with Gasteiger partial charge in [0.1, 0.15) is 0 Å². The SMILES string of the molecule is C=CC=C(Cc1ccccc1)C(C)=NOS(C)(=O)=O. The van der Waals surface area contributed by atoms with Crippen molar-refractivity contribution < 1.29 is 12.7 Å². The van der Waals surface area contributed by atoms with E-state index in [-0.39, 0.29) is 0 Å². The second kappa shape index (κ2) is 6.89. The lowest BCUT2D eigenvalue weighted by Crippen LogP contribution is -2.05. The summed E-state index contributed by atoms with van der Waals surface area (Å²) in [6.07, 6.45) is 5.02. The number of allylic oxidation sites excluding steroid dienone is 3. The Hall–Kier alpha value is -1.88. The predicted octanol–water partition coefficient (Wildman–Crippen LogP) is 2.69. The monoisotopic (exact) mass is 279 g/mol. The molecule has 0 unspecified atom stereocenters. The molecule has 0 N–H and O–H groups in total. The van der Waals surface area contributed by atoms with E-state index in [1.54, 1.807) is 19.1 Å². The highest BCUT2D eigenvalue weighted by Gasteiger charge is 2.06. The highest BCUT2D eigenvalue weighted by Crippen LogP contribution is 2.10. The minimum Gasteiger partial charge on any atom is -0.268 e. The van der Waals surface area contributed by atoms with E-state index in [1.165, 1.54) is 0 Å². The first-order chi connectivity index (χ1) is 8.92. The van der Waals surface area contributed by atoms with Crippen LogP contribution in [0.15, 0.2) is 59.8 Å². The van der Waals surface area contributed by atoms with Crippen LogP contribution in [0, 0.1) is 0 Å². The highest BCUT2D eigenvalue weighted by atomic mass is 32.2.